The summed E-state index contributed by atoms with van der Waals surface area (Å²) in [5, 5.41) is 3.63. The fourth-order valence-electron chi connectivity index (χ4n) is 4.97. The molecule has 0 atom stereocenters. The van der Waals surface area contributed by atoms with Gasteiger partial charge in [0, 0.05) is 34.3 Å². The highest BCUT2D eigenvalue weighted by atomic mass is 79.9. The van der Waals surface area contributed by atoms with Crippen LogP contribution in [0.1, 0.15) is 44.9 Å². The molecule has 0 spiro atoms. The Bertz CT molecular complexity index is 727. The molecule has 0 saturated heterocycles. The van der Waals surface area contributed by atoms with Crippen molar-refractivity contribution < 1.29 is 0 Å². The highest BCUT2D eigenvalue weighted by molar-refractivity contribution is 9.10. The van der Waals surface area contributed by atoms with E-state index < -0.39 is 0 Å². The summed E-state index contributed by atoms with van der Waals surface area (Å²) in [6, 6.07) is 2.11. The van der Waals surface area contributed by atoms with Gasteiger partial charge < -0.3 is 5.32 Å². The molecule has 0 aromatic carbocycles. The second-order valence-electron chi connectivity index (χ2n) is 8.21. The first-order chi connectivity index (χ1) is 11.7. The maximum atomic E-state index is 4.99. The minimum absolute atomic E-state index is 0.358. The lowest BCUT2D eigenvalue weighted by atomic mass is 9.79. The fourth-order valence-corrected chi connectivity index (χ4v) is 5.34. The zero-order valence-electron chi connectivity index (χ0n) is 13.9. The van der Waals surface area contributed by atoms with Gasteiger partial charge in [0.2, 0.25) is 0 Å². The molecule has 0 radical (unpaired) electrons. The summed E-state index contributed by atoms with van der Waals surface area (Å²) in [5.41, 5.74) is 3.32. The molecular formula is C19H23BrN4. The SMILES string of the molecule is Brc1cncc(NCC23CCC(C4=NC(C5CC5)=NC4)(CC2)C3)c1. The predicted octanol–water partition coefficient (Wildman–Crippen LogP) is 4.47. The summed E-state index contributed by atoms with van der Waals surface area (Å²) in [6.45, 7) is 1.93. The highest BCUT2D eigenvalue weighted by Crippen LogP contribution is 2.62. The van der Waals surface area contributed by atoms with E-state index in [1.54, 1.807) is 0 Å². The van der Waals surface area contributed by atoms with E-state index >= 15 is 0 Å². The first-order valence-electron chi connectivity index (χ1n) is 9.13. The molecule has 1 aromatic rings. The van der Waals surface area contributed by atoms with Crippen molar-refractivity contribution in [2.24, 2.45) is 26.7 Å². The molecule has 3 fully saturated rings. The number of hydrogen-bond acceptors (Lipinski definition) is 4. The summed E-state index contributed by atoms with van der Waals surface area (Å²) in [7, 11) is 0. The zero-order chi connectivity index (χ0) is 16.2. The van der Waals surface area contributed by atoms with Gasteiger partial charge in [0.15, 0.2) is 0 Å². The Morgan fingerprint density at radius 2 is 2.00 bits per heavy atom. The standard InChI is InChI=1S/C19H23BrN4/c20-14-7-15(9-21-8-14)23-12-18-3-5-19(11-18,6-4-18)16-10-22-17(24-16)13-1-2-13/h7-9,13,23H,1-6,10-12H2. The minimum atomic E-state index is 0.358. The van der Waals surface area contributed by atoms with Gasteiger partial charge >= 0.3 is 0 Å². The van der Waals surface area contributed by atoms with Crippen LogP contribution in [0.15, 0.2) is 32.9 Å². The summed E-state index contributed by atoms with van der Waals surface area (Å²) in [6.07, 6.45) is 12.9. The van der Waals surface area contributed by atoms with Gasteiger partial charge in [0.1, 0.15) is 5.84 Å². The van der Waals surface area contributed by atoms with Crippen molar-refractivity contribution in [3.8, 4) is 0 Å². The third-order valence-corrected chi connectivity index (χ3v) is 6.98. The Hall–Kier alpha value is -1.23. The Morgan fingerprint density at radius 1 is 1.17 bits per heavy atom. The normalized spacial score (nSPS) is 34.4. The van der Waals surface area contributed by atoms with Gasteiger partial charge in [-0.05, 0) is 72.4 Å². The van der Waals surface area contributed by atoms with Gasteiger partial charge in [-0.15, -0.1) is 0 Å². The largest absolute Gasteiger partial charge is 0.383 e. The molecule has 2 bridgehead atoms. The highest BCUT2D eigenvalue weighted by Gasteiger charge is 2.56. The second kappa shape index (κ2) is 5.38. The Balaban J connectivity index is 1.28. The number of anilines is 1. The third kappa shape index (κ3) is 2.52. The number of aromatic nitrogens is 1. The van der Waals surface area contributed by atoms with E-state index in [4.69, 9.17) is 9.98 Å². The zero-order valence-corrected chi connectivity index (χ0v) is 15.5. The van der Waals surface area contributed by atoms with Gasteiger partial charge in [-0.1, -0.05) is 0 Å². The first-order valence-corrected chi connectivity index (χ1v) is 9.93. The molecule has 0 unspecified atom stereocenters. The number of pyridine rings is 1. The van der Waals surface area contributed by atoms with Crippen LogP contribution < -0.4 is 5.32 Å². The Morgan fingerprint density at radius 3 is 2.75 bits per heavy atom. The number of amidine groups is 1. The summed E-state index contributed by atoms with van der Waals surface area (Å²) in [5.74, 6) is 1.86. The molecule has 24 heavy (non-hydrogen) atoms. The lowest BCUT2D eigenvalue weighted by molar-refractivity contribution is 0.312. The van der Waals surface area contributed by atoms with E-state index in [9.17, 15) is 0 Å². The maximum Gasteiger partial charge on any atom is 0.126 e. The number of nitrogens with zero attached hydrogens (tertiary/aromatic N) is 3. The lowest BCUT2D eigenvalue weighted by Crippen LogP contribution is -2.27. The van der Waals surface area contributed by atoms with Crippen LogP contribution in [0.4, 0.5) is 5.69 Å². The number of nitrogens with one attached hydrogen (secondary N) is 1. The molecule has 2 heterocycles. The second-order valence-corrected chi connectivity index (χ2v) is 9.13. The molecule has 1 N–H and O–H groups in total. The van der Waals surface area contributed by atoms with Crippen LogP contribution >= 0.6 is 15.9 Å². The Kier molecular flexibility index (Phi) is 3.38. The molecule has 0 amide bonds. The number of fused-ring (bicyclic) bond motifs is 2. The van der Waals surface area contributed by atoms with Crippen molar-refractivity contribution in [3.05, 3.63) is 22.9 Å². The number of hydrogen-bond donors (Lipinski definition) is 1. The molecule has 3 aliphatic carbocycles. The van der Waals surface area contributed by atoms with Gasteiger partial charge in [0.25, 0.3) is 0 Å². The van der Waals surface area contributed by atoms with Crippen molar-refractivity contribution >= 4 is 33.2 Å². The third-order valence-electron chi connectivity index (χ3n) is 6.55. The van der Waals surface area contributed by atoms with Crippen molar-refractivity contribution in [2.75, 3.05) is 18.4 Å². The van der Waals surface area contributed by atoms with Gasteiger partial charge in [0.05, 0.1) is 18.4 Å². The van der Waals surface area contributed by atoms with Crippen LogP contribution in [0.5, 0.6) is 0 Å². The van der Waals surface area contributed by atoms with Crippen LogP contribution in [0.2, 0.25) is 0 Å². The molecule has 1 aliphatic heterocycles. The molecule has 5 heteroatoms. The monoisotopic (exact) mass is 386 g/mol. The predicted molar refractivity (Wildman–Crippen MR) is 101 cm³/mol. The van der Waals surface area contributed by atoms with Crippen LogP contribution in [0.3, 0.4) is 0 Å². The molecular weight excluding hydrogens is 364 g/mol. The van der Waals surface area contributed by atoms with E-state index in [-0.39, 0.29) is 0 Å². The molecule has 3 saturated carbocycles. The van der Waals surface area contributed by atoms with Crippen LogP contribution in [-0.4, -0.2) is 29.6 Å². The average Bonchev–Trinajstić information content (AvgIpc) is 3.07. The smallest absolute Gasteiger partial charge is 0.126 e. The molecule has 126 valence electrons. The maximum absolute atomic E-state index is 4.99. The van der Waals surface area contributed by atoms with E-state index in [0.717, 1.165) is 23.2 Å². The quantitative estimate of drug-likeness (QED) is 0.811. The molecule has 5 rings (SSSR count). The first kappa shape index (κ1) is 15.1. The van der Waals surface area contributed by atoms with Gasteiger partial charge in [-0.2, -0.15) is 0 Å². The minimum Gasteiger partial charge on any atom is -0.383 e. The lowest BCUT2D eigenvalue weighted by Gasteiger charge is -2.28. The summed E-state index contributed by atoms with van der Waals surface area (Å²) < 4.78 is 1.03. The topological polar surface area (TPSA) is 49.6 Å². The number of rotatable bonds is 5. The van der Waals surface area contributed by atoms with E-state index in [1.165, 1.54) is 56.5 Å². The van der Waals surface area contributed by atoms with E-state index in [2.05, 4.69) is 32.3 Å². The average molecular weight is 387 g/mol. The van der Waals surface area contributed by atoms with Crippen molar-refractivity contribution in [1.29, 1.82) is 0 Å². The fraction of sp³-hybridized carbons (Fsp3) is 0.632. The van der Waals surface area contributed by atoms with Crippen LogP contribution in [0, 0.1) is 16.7 Å². The molecule has 1 aromatic heterocycles. The van der Waals surface area contributed by atoms with Crippen LogP contribution in [0.25, 0.3) is 0 Å². The molecule has 4 aliphatic rings. The summed E-state index contributed by atoms with van der Waals surface area (Å²) in [4.78, 5) is 14.0. The Labute approximate surface area is 151 Å². The van der Waals surface area contributed by atoms with Crippen LogP contribution in [-0.2, 0) is 0 Å². The van der Waals surface area contributed by atoms with E-state index in [1.807, 2.05) is 12.4 Å². The van der Waals surface area contributed by atoms with Crippen molar-refractivity contribution in [3.63, 3.8) is 0 Å². The van der Waals surface area contributed by atoms with Gasteiger partial charge in [-0.25, -0.2) is 4.99 Å². The van der Waals surface area contributed by atoms with Gasteiger partial charge in [-0.3, -0.25) is 9.98 Å². The van der Waals surface area contributed by atoms with Crippen molar-refractivity contribution in [1.82, 2.24) is 4.98 Å². The molecule has 4 nitrogen and oxygen atoms in total. The summed E-state index contributed by atoms with van der Waals surface area (Å²) >= 11 is 3.50. The van der Waals surface area contributed by atoms with E-state index in [0.29, 0.717) is 16.7 Å². The van der Waals surface area contributed by atoms with Crippen molar-refractivity contribution in [2.45, 2.75) is 44.9 Å². The number of halogens is 1. The number of aliphatic imine (C=N–C) groups is 2.